The van der Waals surface area contributed by atoms with Crippen LogP contribution in [0.4, 0.5) is 26.3 Å². The zero-order valence-electron chi connectivity index (χ0n) is 11.1. The lowest BCUT2D eigenvalue weighted by Crippen LogP contribution is -2.38. The van der Waals surface area contributed by atoms with Crippen molar-refractivity contribution in [2.45, 2.75) is 13.8 Å². The van der Waals surface area contributed by atoms with Gasteiger partial charge in [0.1, 0.15) is 11.6 Å². The summed E-state index contributed by atoms with van der Waals surface area (Å²) in [7, 11) is -0.927. The molecule has 2 aromatic carbocycles. The van der Waals surface area contributed by atoms with E-state index in [2.05, 4.69) is 0 Å². The van der Waals surface area contributed by atoms with Crippen molar-refractivity contribution in [3.05, 3.63) is 58.2 Å². The van der Waals surface area contributed by atoms with E-state index >= 15 is 0 Å². The van der Waals surface area contributed by atoms with E-state index in [0.29, 0.717) is 12.1 Å². The van der Waals surface area contributed by atoms with Gasteiger partial charge in [0.15, 0.2) is 23.3 Å². The summed E-state index contributed by atoms with van der Waals surface area (Å²) in [5.74, 6) is -7.98. The molecule has 0 heterocycles. The van der Waals surface area contributed by atoms with Gasteiger partial charge in [-0.05, 0) is 48.0 Å². The third kappa shape index (κ3) is 2.64. The Balaban J connectivity index is 2.59. The molecule has 0 saturated carbocycles. The Morgan fingerprint density at radius 2 is 0.952 bits per heavy atom. The summed E-state index contributed by atoms with van der Waals surface area (Å²) in [4.78, 5) is 0. The third-order valence-corrected chi connectivity index (χ3v) is 3.22. The topological polar surface area (TPSA) is 0 Å². The molecule has 0 aliphatic carbocycles. The first-order chi connectivity index (χ1) is 9.73. The molecule has 0 N–H and O–H groups in total. The third-order valence-electron chi connectivity index (χ3n) is 3.22. The fraction of sp³-hybridized carbons (Fsp3) is 0.143. The molecule has 0 atom stereocenters. The highest BCUT2D eigenvalue weighted by atomic mass is 19.2. The van der Waals surface area contributed by atoms with Crippen molar-refractivity contribution in [2.75, 3.05) is 0 Å². The Morgan fingerprint density at radius 1 is 0.619 bits per heavy atom. The molecule has 0 aliphatic rings. The van der Waals surface area contributed by atoms with E-state index in [4.69, 9.17) is 0 Å². The quantitative estimate of drug-likeness (QED) is 0.454. The van der Waals surface area contributed by atoms with Gasteiger partial charge >= 0.3 is 0 Å². The van der Waals surface area contributed by atoms with Crippen LogP contribution in [0.5, 0.6) is 0 Å². The number of hydrogen-bond donors (Lipinski definition) is 0. The van der Waals surface area contributed by atoms with Crippen LogP contribution in [0.3, 0.4) is 0 Å². The van der Waals surface area contributed by atoms with Gasteiger partial charge in [0.2, 0.25) is 7.28 Å². The van der Waals surface area contributed by atoms with Gasteiger partial charge in [0.25, 0.3) is 0 Å². The SMILES string of the molecule is Cc1cc(F)c(Bc2c(F)cc(C)c(F)c2F)c(F)c1F. The molecule has 0 saturated heterocycles. The predicted octanol–water partition coefficient (Wildman–Crippen LogP) is 2.53. The average Bonchev–Trinajstić information content (AvgIpc) is 2.42. The fourth-order valence-corrected chi connectivity index (χ4v) is 2.00. The molecule has 0 radical (unpaired) electrons. The van der Waals surface area contributed by atoms with Crippen LogP contribution in [0.25, 0.3) is 0 Å². The monoisotopic (exact) mass is 302 g/mol. The second-order valence-electron chi connectivity index (χ2n) is 4.74. The minimum atomic E-state index is -1.53. The largest absolute Gasteiger partial charge is 0.208 e. The Morgan fingerprint density at radius 3 is 1.29 bits per heavy atom. The van der Waals surface area contributed by atoms with Gasteiger partial charge in [-0.2, -0.15) is 0 Å². The lowest BCUT2D eigenvalue weighted by atomic mass is 9.62. The van der Waals surface area contributed by atoms with Crippen LogP contribution in [0, 0.1) is 48.8 Å². The van der Waals surface area contributed by atoms with Crippen LogP contribution < -0.4 is 10.9 Å². The molecular formula is C14H9BF6. The molecule has 0 unspecified atom stereocenters. The minimum Gasteiger partial charge on any atom is -0.207 e. The lowest BCUT2D eigenvalue weighted by Gasteiger charge is -2.10. The van der Waals surface area contributed by atoms with Crippen LogP contribution in [0.15, 0.2) is 12.1 Å². The van der Waals surface area contributed by atoms with Crippen LogP contribution in [0.2, 0.25) is 0 Å². The smallest absolute Gasteiger partial charge is 0.207 e. The molecule has 2 rings (SSSR count). The molecule has 7 heteroatoms. The van der Waals surface area contributed by atoms with Crippen molar-refractivity contribution in [2.24, 2.45) is 0 Å². The second kappa shape index (κ2) is 5.46. The van der Waals surface area contributed by atoms with Crippen molar-refractivity contribution in [1.82, 2.24) is 0 Å². The number of rotatable bonds is 2. The highest BCUT2D eigenvalue weighted by molar-refractivity contribution is 6.67. The Kier molecular flexibility index (Phi) is 4.03. The minimum absolute atomic E-state index is 0.273. The fourth-order valence-electron chi connectivity index (χ4n) is 2.00. The van der Waals surface area contributed by atoms with E-state index in [1.165, 1.54) is 0 Å². The lowest BCUT2D eigenvalue weighted by molar-refractivity contribution is 0.495. The molecule has 0 spiro atoms. The van der Waals surface area contributed by atoms with Crippen LogP contribution in [0.1, 0.15) is 11.1 Å². The number of halogens is 6. The van der Waals surface area contributed by atoms with Gasteiger partial charge in [-0.1, -0.05) is 0 Å². The maximum absolute atomic E-state index is 13.7. The first kappa shape index (κ1) is 15.5. The molecule has 0 nitrogen and oxygen atoms in total. The Bertz CT molecular complexity index is 665. The molecule has 0 fully saturated rings. The van der Waals surface area contributed by atoms with E-state index in [1.54, 1.807) is 0 Å². The van der Waals surface area contributed by atoms with Crippen molar-refractivity contribution in [1.29, 1.82) is 0 Å². The molecule has 0 aromatic heterocycles. The number of aryl methyl sites for hydroxylation is 2. The summed E-state index contributed by atoms with van der Waals surface area (Å²) in [6.07, 6.45) is 0. The molecule has 21 heavy (non-hydrogen) atoms. The van der Waals surface area contributed by atoms with Gasteiger partial charge in [0.05, 0.1) is 0 Å². The summed E-state index contributed by atoms with van der Waals surface area (Å²) < 4.78 is 81.6. The number of hydrogen-bond acceptors (Lipinski definition) is 0. The predicted molar refractivity (Wildman–Crippen MR) is 68.5 cm³/mol. The Labute approximate surface area is 117 Å². The Hall–Kier alpha value is -1.92. The molecular weight excluding hydrogens is 293 g/mol. The van der Waals surface area contributed by atoms with E-state index in [9.17, 15) is 26.3 Å². The highest BCUT2D eigenvalue weighted by Gasteiger charge is 2.23. The highest BCUT2D eigenvalue weighted by Crippen LogP contribution is 2.14. The summed E-state index contributed by atoms with van der Waals surface area (Å²) in [5, 5.41) is 0. The molecule has 0 aliphatic heterocycles. The molecule has 110 valence electrons. The first-order valence-electron chi connectivity index (χ1n) is 6.00. The van der Waals surface area contributed by atoms with Gasteiger partial charge in [-0.25, -0.2) is 26.3 Å². The normalized spacial score (nSPS) is 10.9. The summed E-state index contributed by atoms with van der Waals surface area (Å²) >= 11 is 0. The van der Waals surface area contributed by atoms with E-state index in [1.807, 2.05) is 0 Å². The average molecular weight is 302 g/mol. The summed E-state index contributed by atoms with van der Waals surface area (Å²) in [6.45, 7) is 2.30. The zero-order valence-corrected chi connectivity index (χ0v) is 11.1. The van der Waals surface area contributed by atoms with Crippen molar-refractivity contribution >= 4 is 18.2 Å². The van der Waals surface area contributed by atoms with Crippen molar-refractivity contribution in [3.8, 4) is 0 Å². The summed E-state index contributed by atoms with van der Waals surface area (Å²) in [5.41, 5.74) is -2.24. The second-order valence-corrected chi connectivity index (χ2v) is 4.74. The van der Waals surface area contributed by atoms with Gasteiger partial charge in [-0.15, -0.1) is 0 Å². The van der Waals surface area contributed by atoms with Crippen LogP contribution >= 0.6 is 0 Å². The van der Waals surface area contributed by atoms with E-state index < -0.39 is 53.1 Å². The maximum atomic E-state index is 13.7. The first-order valence-corrected chi connectivity index (χ1v) is 6.00. The zero-order chi connectivity index (χ0) is 15.9. The van der Waals surface area contributed by atoms with E-state index in [0.717, 1.165) is 13.8 Å². The summed E-state index contributed by atoms with van der Waals surface area (Å²) in [6, 6.07) is 1.43. The van der Waals surface area contributed by atoms with Crippen LogP contribution in [-0.4, -0.2) is 7.28 Å². The van der Waals surface area contributed by atoms with Gasteiger partial charge < -0.3 is 0 Å². The van der Waals surface area contributed by atoms with Gasteiger partial charge in [0, 0.05) is 0 Å². The van der Waals surface area contributed by atoms with Crippen molar-refractivity contribution in [3.63, 3.8) is 0 Å². The van der Waals surface area contributed by atoms with E-state index in [-0.39, 0.29) is 11.1 Å². The van der Waals surface area contributed by atoms with Crippen molar-refractivity contribution < 1.29 is 26.3 Å². The van der Waals surface area contributed by atoms with Crippen LogP contribution in [-0.2, 0) is 0 Å². The molecule has 0 bridgehead atoms. The molecule has 2 aromatic rings. The molecule has 0 amide bonds. The van der Waals surface area contributed by atoms with Gasteiger partial charge in [-0.3, -0.25) is 0 Å². The number of benzene rings is 2. The standard InChI is InChI=1S/C14H9BF6/c1-5-3-7(16)9(13(20)11(5)18)15-10-8(17)4-6(2)12(19)14(10)21/h3-4,15H,1-2H3. The maximum Gasteiger partial charge on any atom is 0.208 e.